The molecule has 0 amide bonds. The van der Waals surface area contributed by atoms with E-state index in [-0.39, 0.29) is 5.41 Å². The zero-order valence-electron chi connectivity index (χ0n) is 13.0. The number of allylic oxidation sites excluding steroid dienone is 4. The van der Waals surface area contributed by atoms with Crippen LogP contribution < -0.4 is 10.6 Å². The minimum Gasteiger partial charge on any atom is -0.248 e. The van der Waals surface area contributed by atoms with E-state index in [1.807, 2.05) is 0 Å². The first-order valence-corrected chi connectivity index (χ1v) is 7.80. The summed E-state index contributed by atoms with van der Waals surface area (Å²) in [7, 11) is 0. The Morgan fingerprint density at radius 3 is 2.45 bits per heavy atom. The second-order valence-corrected chi connectivity index (χ2v) is 6.40. The molecule has 22 heavy (non-hydrogen) atoms. The predicted molar refractivity (Wildman–Crippen MR) is 90.7 cm³/mol. The highest BCUT2D eigenvalue weighted by Gasteiger charge is 2.37. The summed E-state index contributed by atoms with van der Waals surface area (Å²) in [6, 6.07) is 19.2. The summed E-state index contributed by atoms with van der Waals surface area (Å²) in [6.07, 6.45) is 5.40. The fourth-order valence-corrected chi connectivity index (χ4v) is 3.62. The fourth-order valence-electron chi connectivity index (χ4n) is 3.62. The molecule has 0 N–H and O–H groups in total. The zero-order valence-corrected chi connectivity index (χ0v) is 13.0. The molecular weight excluding hydrogens is 266 g/mol. The van der Waals surface area contributed by atoms with Crippen LogP contribution in [-0.2, 0) is 6.42 Å². The molecular formula is C21H19N. The molecule has 0 aromatic heterocycles. The van der Waals surface area contributed by atoms with E-state index >= 15 is 0 Å². The van der Waals surface area contributed by atoms with E-state index in [9.17, 15) is 0 Å². The van der Waals surface area contributed by atoms with E-state index in [1.54, 1.807) is 0 Å². The normalized spacial score (nSPS) is 22.4. The van der Waals surface area contributed by atoms with Crippen LogP contribution in [0.3, 0.4) is 0 Å². The lowest BCUT2D eigenvalue weighted by atomic mass is 9.68. The number of rotatable bonds is 2. The smallest absolute Gasteiger partial charge is 0.0713 e. The molecule has 1 atom stereocenters. The maximum absolute atomic E-state index is 4.82. The summed E-state index contributed by atoms with van der Waals surface area (Å²) >= 11 is 0. The van der Waals surface area contributed by atoms with Gasteiger partial charge in [-0.25, -0.2) is 4.99 Å². The van der Waals surface area contributed by atoms with Crippen molar-refractivity contribution in [2.45, 2.75) is 20.3 Å². The van der Waals surface area contributed by atoms with Crippen LogP contribution in [0, 0.1) is 5.41 Å². The van der Waals surface area contributed by atoms with Gasteiger partial charge in [-0.05, 0) is 36.6 Å². The number of nitrogens with zero attached hydrogens (tertiary/aromatic N) is 1. The summed E-state index contributed by atoms with van der Waals surface area (Å²) in [5, 5.41) is 2.39. The predicted octanol–water partition coefficient (Wildman–Crippen LogP) is 3.56. The van der Waals surface area contributed by atoms with Crippen molar-refractivity contribution in [1.29, 1.82) is 0 Å². The summed E-state index contributed by atoms with van der Waals surface area (Å²) in [5.41, 5.74) is 5.29. The molecule has 0 saturated carbocycles. The van der Waals surface area contributed by atoms with E-state index in [2.05, 4.69) is 80.6 Å². The van der Waals surface area contributed by atoms with Gasteiger partial charge in [0.1, 0.15) is 0 Å². The summed E-state index contributed by atoms with van der Waals surface area (Å²) in [6.45, 7) is 4.59. The Hall–Kier alpha value is -2.41. The van der Waals surface area contributed by atoms with Crippen LogP contribution in [-0.4, -0.2) is 0 Å². The lowest BCUT2D eigenvalue weighted by Crippen LogP contribution is -2.32. The Labute approximate surface area is 131 Å². The Morgan fingerprint density at radius 1 is 0.909 bits per heavy atom. The monoisotopic (exact) mass is 285 g/mol. The van der Waals surface area contributed by atoms with Gasteiger partial charge in [0, 0.05) is 10.6 Å². The highest BCUT2D eigenvalue weighted by molar-refractivity contribution is 5.76. The second-order valence-electron chi connectivity index (χ2n) is 6.40. The molecule has 1 aliphatic heterocycles. The highest BCUT2D eigenvalue weighted by Crippen LogP contribution is 2.45. The van der Waals surface area contributed by atoms with Gasteiger partial charge in [-0.2, -0.15) is 0 Å². The van der Waals surface area contributed by atoms with Gasteiger partial charge in [-0.1, -0.05) is 67.1 Å². The molecule has 108 valence electrons. The van der Waals surface area contributed by atoms with Crippen molar-refractivity contribution in [3.05, 3.63) is 94.2 Å². The number of benzene rings is 2. The molecule has 0 saturated heterocycles. The third-order valence-electron chi connectivity index (χ3n) is 4.98. The average Bonchev–Trinajstić information content (AvgIpc) is 2.92. The molecule has 1 aliphatic carbocycles. The number of para-hydroxylation sites is 1. The molecule has 2 aliphatic rings. The fraction of sp³-hybridized carbons (Fsp3) is 0.190. The first-order valence-electron chi connectivity index (χ1n) is 7.80. The minimum absolute atomic E-state index is 0.00153. The van der Waals surface area contributed by atoms with Gasteiger partial charge < -0.3 is 0 Å². The van der Waals surface area contributed by atoms with Gasteiger partial charge in [0.2, 0.25) is 0 Å². The van der Waals surface area contributed by atoms with Gasteiger partial charge in [0.05, 0.1) is 11.1 Å². The van der Waals surface area contributed by atoms with Crippen molar-refractivity contribution in [2.24, 2.45) is 10.4 Å². The standard InChI is InChI=1S/C21H19N/c1-15-12-13-19-20(17-10-6-7-11-18(17)22-19)21(15,2)14-16-8-4-3-5-9-16/h3-13H,14H2,1-2H3. The molecule has 4 rings (SSSR count). The van der Waals surface area contributed by atoms with Crippen molar-refractivity contribution in [3.8, 4) is 0 Å². The van der Waals surface area contributed by atoms with Crippen LogP contribution in [0.25, 0.3) is 5.57 Å². The molecule has 0 bridgehead atoms. The van der Waals surface area contributed by atoms with Crippen molar-refractivity contribution in [1.82, 2.24) is 0 Å². The van der Waals surface area contributed by atoms with E-state index in [0.29, 0.717) is 0 Å². The minimum atomic E-state index is 0.00153. The van der Waals surface area contributed by atoms with Crippen LogP contribution in [0.4, 0.5) is 0 Å². The maximum Gasteiger partial charge on any atom is 0.0713 e. The lowest BCUT2D eigenvalue weighted by molar-refractivity contribution is 0.524. The lowest BCUT2D eigenvalue weighted by Gasteiger charge is -2.35. The average molecular weight is 285 g/mol. The van der Waals surface area contributed by atoms with Gasteiger partial charge in [0.25, 0.3) is 0 Å². The van der Waals surface area contributed by atoms with Crippen molar-refractivity contribution in [2.75, 3.05) is 0 Å². The quantitative estimate of drug-likeness (QED) is 0.800. The van der Waals surface area contributed by atoms with Crippen molar-refractivity contribution in [3.63, 3.8) is 0 Å². The summed E-state index contributed by atoms with van der Waals surface area (Å²) < 4.78 is 0. The van der Waals surface area contributed by atoms with E-state index in [0.717, 1.165) is 17.5 Å². The van der Waals surface area contributed by atoms with Crippen molar-refractivity contribution >= 4 is 5.57 Å². The molecule has 1 unspecified atom stereocenters. The zero-order chi connectivity index (χ0) is 15.2. The molecule has 0 spiro atoms. The van der Waals surface area contributed by atoms with E-state index in [1.165, 1.54) is 21.9 Å². The molecule has 2 aromatic carbocycles. The number of fused-ring (bicyclic) bond motifs is 2. The largest absolute Gasteiger partial charge is 0.248 e. The molecule has 1 nitrogen and oxygen atoms in total. The van der Waals surface area contributed by atoms with E-state index < -0.39 is 0 Å². The Kier molecular flexibility index (Phi) is 2.90. The second kappa shape index (κ2) is 4.81. The number of hydrogen-bond acceptors (Lipinski definition) is 1. The van der Waals surface area contributed by atoms with Crippen LogP contribution in [0.2, 0.25) is 0 Å². The van der Waals surface area contributed by atoms with Gasteiger partial charge >= 0.3 is 0 Å². The van der Waals surface area contributed by atoms with Gasteiger partial charge in [0.15, 0.2) is 0 Å². The van der Waals surface area contributed by atoms with Gasteiger partial charge in [-0.15, -0.1) is 0 Å². The molecule has 2 aromatic rings. The summed E-state index contributed by atoms with van der Waals surface area (Å²) in [5.74, 6) is 0. The van der Waals surface area contributed by atoms with Crippen LogP contribution in [0.15, 0.2) is 83.0 Å². The number of hydrogen-bond donors (Lipinski definition) is 0. The molecule has 0 radical (unpaired) electrons. The van der Waals surface area contributed by atoms with Crippen LogP contribution >= 0.6 is 0 Å². The van der Waals surface area contributed by atoms with Crippen LogP contribution in [0.5, 0.6) is 0 Å². The van der Waals surface area contributed by atoms with Gasteiger partial charge in [-0.3, -0.25) is 0 Å². The maximum atomic E-state index is 4.82. The molecule has 1 heteroatoms. The third kappa shape index (κ3) is 1.89. The SMILES string of the molecule is CC1=CC=C2N=c3ccccc3=C2C1(C)Cc1ccccc1. The molecule has 1 heterocycles. The molecule has 0 fully saturated rings. The first kappa shape index (κ1) is 13.3. The Balaban J connectivity index is 1.94. The van der Waals surface area contributed by atoms with Crippen LogP contribution in [0.1, 0.15) is 19.4 Å². The first-order chi connectivity index (χ1) is 10.7. The third-order valence-corrected chi connectivity index (χ3v) is 4.98. The Morgan fingerprint density at radius 2 is 1.64 bits per heavy atom. The topological polar surface area (TPSA) is 12.4 Å². The van der Waals surface area contributed by atoms with Crippen molar-refractivity contribution < 1.29 is 0 Å². The van der Waals surface area contributed by atoms with E-state index in [4.69, 9.17) is 4.99 Å². The Bertz CT molecular complexity index is 916. The highest BCUT2D eigenvalue weighted by atomic mass is 14.8. The summed E-state index contributed by atoms with van der Waals surface area (Å²) in [4.78, 5) is 4.82.